The summed E-state index contributed by atoms with van der Waals surface area (Å²) in [5.41, 5.74) is 2.79. The molecule has 0 amide bonds. The van der Waals surface area contributed by atoms with Crippen LogP contribution in [0.4, 0.5) is 0 Å². The van der Waals surface area contributed by atoms with Crippen LogP contribution in [-0.4, -0.2) is 24.5 Å². The second kappa shape index (κ2) is 6.00. The molecule has 0 aliphatic carbocycles. The molecule has 3 rings (SSSR count). The number of rotatable bonds is 3. The lowest BCUT2D eigenvalue weighted by atomic mass is 10.0. The van der Waals surface area contributed by atoms with E-state index in [2.05, 4.69) is 70.9 Å². The molecule has 19 heavy (non-hydrogen) atoms. The van der Waals surface area contributed by atoms with Crippen molar-refractivity contribution in [3.8, 4) is 0 Å². The maximum atomic E-state index is 3.61. The zero-order valence-corrected chi connectivity index (χ0v) is 11.1. The molecule has 1 atom stereocenters. The van der Waals surface area contributed by atoms with Gasteiger partial charge in [0.15, 0.2) is 0 Å². The van der Waals surface area contributed by atoms with Gasteiger partial charge in [-0.1, -0.05) is 60.7 Å². The molecule has 2 aromatic rings. The van der Waals surface area contributed by atoms with Gasteiger partial charge in [0.25, 0.3) is 0 Å². The number of piperazine rings is 1. The van der Waals surface area contributed by atoms with Gasteiger partial charge in [-0.25, -0.2) is 0 Å². The summed E-state index contributed by atoms with van der Waals surface area (Å²) in [6, 6.07) is 21.9. The van der Waals surface area contributed by atoms with E-state index in [1.165, 1.54) is 11.1 Å². The summed E-state index contributed by atoms with van der Waals surface area (Å²) in [6.45, 7) is 4.31. The predicted molar refractivity (Wildman–Crippen MR) is 78.9 cm³/mol. The highest BCUT2D eigenvalue weighted by Crippen LogP contribution is 2.18. The molecule has 2 aromatic carbocycles. The van der Waals surface area contributed by atoms with Crippen LogP contribution >= 0.6 is 0 Å². The van der Waals surface area contributed by atoms with E-state index in [4.69, 9.17) is 0 Å². The lowest BCUT2D eigenvalue weighted by Gasteiger charge is -2.34. The maximum Gasteiger partial charge on any atom is 0.0449 e. The Bertz CT molecular complexity index is 495. The van der Waals surface area contributed by atoms with Crippen molar-refractivity contribution in [3.63, 3.8) is 0 Å². The summed E-state index contributed by atoms with van der Waals surface area (Å²) in [7, 11) is 0. The summed E-state index contributed by atoms with van der Waals surface area (Å²) in [4.78, 5) is 2.53. The number of nitrogens with zero attached hydrogens (tertiary/aromatic N) is 1. The molecule has 0 radical (unpaired) electrons. The van der Waals surface area contributed by atoms with Gasteiger partial charge in [0.2, 0.25) is 0 Å². The van der Waals surface area contributed by atoms with E-state index in [0.717, 1.165) is 26.2 Å². The molecule has 1 aliphatic rings. The highest BCUT2D eigenvalue weighted by Gasteiger charge is 2.20. The third-order valence-corrected chi connectivity index (χ3v) is 3.71. The minimum Gasteiger partial charge on any atom is -0.308 e. The van der Waals surface area contributed by atoms with E-state index in [9.17, 15) is 0 Å². The van der Waals surface area contributed by atoms with Gasteiger partial charge in [0, 0.05) is 32.2 Å². The van der Waals surface area contributed by atoms with Crippen molar-refractivity contribution < 1.29 is 0 Å². The van der Waals surface area contributed by atoms with E-state index in [0.29, 0.717) is 6.04 Å². The first-order valence-electron chi connectivity index (χ1n) is 6.96. The average Bonchev–Trinajstić information content (AvgIpc) is 2.49. The molecule has 0 spiro atoms. The lowest BCUT2D eigenvalue weighted by molar-refractivity contribution is 0.193. The van der Waals surface area contributed by atoms with Crippen molar-refractivity contribution in [2.24, 2.45) is 0 Å². The maximum absolute atomic E-state index is 3.61. The van der Waals surface area contributed by atoms with E-state index < -0.39 is 0 Å². The van der Waals surface area contributed by atoms with E-state index in [1.54, 1.807) is 0 Å². The normalized spacial score (nSPS) is 20.3. The molecule has 1 heterocycles. The topological polar surface area (TPSA) is 15.3 Å². The molecule has 2 nitrogen and oxygen atoms in total. The Labute approximate surface area is 115 Å². The monoisotopic (exact) mass is 252 g/mol. The summed E-state index contributed by atoms with van der Waals surface area (Å²) in [6.07, 6.45) is 0. The molecule has 1 saturated heterocycles. The highest BCUT2D eigenvalue weighted by atomic mass is 15.2. The molecular weight excluding hydrogens is 232 g/mol. The molecular formula is C17H20N2. The zero-order chi connectivity index (χ0) is 12.9. The summed E-state index contributed by atoms with van der Waals surface area (Å²) >= 11 is 0. The van der Waals surface area contributed by atoms with Gasteiger partial charge in [-0.2, -0.15) is 0 Å². The molecule has 98 valence electrons. The Morgan fingerprint density at radius 2 is 1.63 bits per heavy atom. The van der Waals surface area contributed by atoms with Crippen LogP contribution in [0.3, 0.4) is 0 Å². The second-order valence-electron chi connectivity index (χ2n) is 5.14. The van der Waals surface area contributed by atoms with Crippen LogP contribution in [0.25, 0.3) is 0 Å². The van der Waals surface area contributed by atoms with Crippen LogP contribution in [0.2, 0.25) is 0 Å². The SMILES string of the molecule is c1ccc(CN2CCN[C@@H](c3ccccc3)C2)cc1. The number of benzene rings is 2. The second-order valence-corrected chi connectivity index (χ2v) is 5.14. The third kappa shape index (κ3) is 3.22. The van der Waals surface area contributed by atoms with Gasteiger partial charge in [-0.15, -0.1) is 0 Å². The van der Waals surface area contributed by atoms with Crippen LogP contribution in [0.5, 0.6) is 0 Å². The third-order valence-electron chi connectivity index (χ3n) is 3.71. The van der Waals surface area contributed by atoms with Crippen molar-refractivity contribution >= 4 is 0 Å². The molecule has 0 bridgehead atoms. The van der Waals surface area contributed by atoms with Crippen LogP contribution in [0, 0.1) is 0 Å². The highest BCUT2D eigenvalue weighted by molar-refractivity contribution is 5.20. The number of nitrogens with one attached hydrogen (secondary N) is 1. The quantitative estimate of drug-likeness (QED) is 0.903. The number of hydrogen-bond donors (Lipinski definition) is 1. The summed E-state index contributed by atoms with van der Waals surface area (Å²) < 4.78 is 0. The fourth-order valence-corrected chi connectivity index (χ4v) is 2.70. The van der Waals surface area contributed by atoms with Gasteiger partial charge >= 0.3 is 0 Å². The van der Waals surface area contributed by atoms with Crippen molar-refractivity contribution in [1.82, 2.24) is 10.2 Å². The van der Waals surface area contributed by atoms with Gasteiger partial charge < -0.3 is 5.32 Å². The fourth-order valence-electron chi connectivity index (χ4n) is 2.70. The molecule has 0 saturated carbocycles. The molecule has 2 heteroatoms. The smallest absolute Gasteiger partial charge is 0.0449 e. The molecule has 1 aliphatic heterocycles. The van der Waals surface area contributed by atoms with Crippen molar-refractivity contribution in [2.45, 2.75) is 12.6 Å². The van der Waals surface area contributed by atoms with Gasteiger partial charge in [0.1, 0.15) is 0 Å². The van der Waals surface area contributed by atoms with Gasteiger partial charge in [-0.05, 0) is 11.1 Å². The predicted octanol–water partition coefficient (Wildman–Crippen LogP) is 2.83. The Hall–Kier alpha value is -1.64. The van der Waals surface area contributed by atoms with Crippen LogP contribution in [-0.2, 0) is 6.54 Å². The average molecular weight is 252 g/mol. The first kappa shape index (κ1) is 12.4. The molecule has 1 N–H and O–H groups in total. The van der Waals surface area contributed by atoms with E-state index in [1.807, 2.05) is 0 Å². The Kier molecular flexibility index (Phi) is 3.92. The first-order chi connectivity index (χ1) is 9.42. The summed E-state index contributed by atoms with van der Waals surface area (Å²) in [5, 5.41) is 3.61. The number of hydrogen-bond acceptors (Lipinski definition) is 2. The van der Waals surface area contributed by atoms with Crippen LogP contribution < -0.4 is 5.32 Å². The molecule has 1 fully saturated rings. The first-order valence-corrected chi connectivity index (χ1v) is 6.96. The van der Waals surface area contributed by atoms with Gasteiger partial charge in [-0.3, -0.25) is 4.90 Å². The van der Waals surface area contributed by atoms with Crippen LogP contribution in [0.15, 0.2) is 60.7 Å². The fraction of sp³-hybridized carbons (Fsp3) is 0.294. The van der Waals surface area contributed by atoms with Crippen LogP contribution in [0.1, 0.15) is 17.2 Å². The van der Waals surface area contributed by atoms with E-state index in [-0.39, 0.29) is 0 Å². The van der Waals surface area contributed by atoms with Crippen molar-refractivity contribution in [2.75, 3.05) is 19.6 Å². The minimum absolute atomic E-state index is 0.457. The lowest BCUT2D eigenvalue weighted by Crippen LogP contribution is -2.45. The van der Waals surface area contributed by atoms with E-state index >= 15 is 0 Å². The Balaban J connectivity index is 1.65. The Morgan fingerprint density at radius 1 is 0.947 bits per heavy atom. The van der Waals surface area contributed by atoms with Crippen molar-refractivity contribution in [3.05, 3.63) is 71.8 Å². The molecule has 0 unspecified atom stereocenters. The van der Waals surface area contributed by atoms with Gasteiger partial charge in [0.05, 0.1) is 0 Å². The largest absolute Gasteiger partial charge is 0.308 e. The van der Waals surface area contributed by atoms with Crippen molar-refractivity contribution in [1.29, 1.82) is 0 Å². The Morgan fingerprint density at radius 3 is 2.37 bits per heavy atom. The minimum atomic E-state index is 0.457. The zero-order valence-electron chi connectivity index (χ0n) is 11.1. The summed E-state index contributed by atoms with van der Waals surface area (Å²) in [5.74, 6) is 0. The molecule has 0 aromatic heterocycles. The standard InChI is InChI=1S/C17H20N2/c1-3-7-15(8-4-1)13-19-12-11-18-17(14-19)16-9-5-2-6-10-16/h1-10,17-18H,11-14H2/t17-/m1/s1.